The molecule has 3 aromatic rings. The van der Waals surface area contributed by atoms with Crippen LogP contribution in [0.3, 0.4) is 0 Å². The SMILES string of the molecule is Cc1ccc([C@@H](CN2CCN[C@H](C)C2)Oc2cc(C)c(C(=O)Nc3ccn(C)n3)cc2S(C)=O)cc1F. The van der Waals surface area contributed by atoms with E-state index in [0.29, 0.717) is 51.3 Å². The van der Waals surface area contributed by atoms with E-state index in [0.717, 1.165) is 19.6 Å². The van der Waals surface area contributed by atoms with Crippen molar-refractivity contribution in [3.63, 3.8) is 0 Å². The van der Waals surface area contributed by atoms with Crippen LogP contribution < -0.4 is 15.4 Å². The van der Waals surface area contributed by atoms with Gasteiger partial charge in [-0.2, -0.15) is 5.10 Å². The maximum atomic E-state index is 14.5. The molecule has 8 nitrogen and oxygen atoms in total. The second-order valence-electron chi connectivity index (χ2n) is 9.63. The molecule has 0 saturated carbocycles. The van der Waals surface area contributed by atoms with Gasteiger partial charge in [-0.05, 0) is 55.7 Å². The summed E-state index contributed by atoms with van der Waals surface area (Å²) in [5, 5.41) is 10.4. The van der Waals surface area contributed by atoms with Crippen LogP contribution >= 0.6 is 0 Å². The van der Waals surface area contributed by atoms with Crippen molar-refractivity contribution in [3.05, 3.63) is 70.7 Å². The molecular formula is C27H34FN5O3S. The first kappa shape index (κ1) is 27.0. The largest absolute Gasteiger partial charge is 0.483 e. The Morgan fingerprint density at radius 2 is 2.05 bits per heavy atom. The van der Waals surface area contributed by atoms with Crippen LogP contribution in [-0.4, -0.2) is 63.3 Å². The number of nitrogens with one attached hydrogen (secondary N) is 2. The van der Waals surface area contributed by atoms with Crippen LogP contribution in [0.1, 0.15) is 40.1 Å². The predicted octanol–water partition coefficient (Wildman–Crippen LogP) is 3.58. The number of aryl methyl sites for hydroxylation is 3. The number of aromatic nitrogens is 2. The number of carbonyl (C=O) groups is 1. The fourth-order valence-electron chi connectivity index (χ4n) is 4.47. The number of anilines is 1. The average Bonchev–Trinajstić information content (AvgIpc) is 3.24. The molecule has 1 aliphatic heterocycles. The molecule has 1 saturated heterocycles. The third kappa shape index (κ3) is 6.63. The van der Waals surface area contributed by atoms with E-state index in [4.69, 9.17) is 4.74 Å². The summed E-state index contributed by atoms with van der Waals surface area (Å²) in [6, 6.07) is 10.5. The standard InChI is InChI=1S/C27H34FN5O3S/c1-17-6-7-20(13-22(17)28)24(16-33-11-9-29-19(3)15-33)36-23-12-18(2)21(14-25(23)37(5)35)27(34)30-26-8-10-32(4)31-26/h6-8,10,12-14,19,24,29H,9,11,15-16H2,1-5H3,(H,30,31,34)/t19-,24-,37?/m1/s1. The zero-order chi connectivity index (χ0) is 26.7. The molecule has 1 unspecified atom stereocenters. The summed E-state index contributed by atoms with van der Waals surface area (Å²) in [5.74, 6) is 0.207. The molecule has 10 heteroatoms. The lowest BCUT2D eigenvalue weighted by Gasteiger charge is -2.34. The summed E-state index contributed by atoms with van der Waals surface area (Å²) in [6.45, 7) is 8.75. The van der Waals surface area contributed by atoms with Gasteiger partial charge < -0.3 is 15.4 Å². The van der Waals surface area contributed by atoms with Gasteiger partial charge in [0.15, 0.2) is 5.82 Å². The van der Waals surface area contributed by atoms with Crippen molar-refractivity contribution in [2.75, 3.05) is 37.8 Å². The van der Waals surface area contributed by atoms with Gasteiger partial charge >= 0.3 is 0 Å². The molecule has 1 amide bonds. The van der Waals surface area contributed by atoms with Crippen molar-refractivity contribution < 1.29 is 18.1 Å². The predicted molar refractivity (Wildman–Crippen MR) is 143 cm³/mol. The smallest absolute Gasteiger partial charge is 0.257 e. The number of ether oxygens (including phenoxy) is 1. The zero-order valence-electron chi connectivity index (χ0n) is 21.9. The molecule has 0 aliphatic carbocycles. The van der Waals surface area contributed by atoms with E-state index < -0.39 is 16.9 Å². The highest BCUT2D eigenvalue weighted by molar-refractivity contribution is 7.84. The summed E-state index contributed by atoms with van der Waals surface area (Å²) >= 11 is 0. The molecule has 3 atom stereocenters. The second kappa shape index (κ2) is 11.5. The Labute approximate surface area is 219 Å². The van der Waals surface area contributed by atoms with Gasteiger partial charge in [-0.1, -0.05) is 12.1 Å². The first-order valence-corrected chi connectivity index (χ1v) is 13.8. The number of hydrogen-bond acceptors (Lipinski definition) is 6. The normalized spacial score (nSPS) is 17.8. The van der Waals surface area contributed by atoms with Crippen molar-refractivity contribution in [2.45, 2.75) is 37.8 Å². The highest BCUT2D eigenvalue weighted by Crippen LogP contribution is 2.32. The zero-order valence-corrected chi connectivity index (χ0v) is 22.7. The molecule has 2 aromatic carbocycles. The van der Waals surface area contributed by atoms with Gasteiger partial charge in [0, 0.05) is 63.4 Å². The highest BCUT2D eigenvalue weighted by atomic mass is 32.2. The molecule has 0 spiro atoms. The summed E-state index contributed by atoms with van der Waals surface area (Å²) in [5.41, 5.74) is 2.32. The van der Waals surface area contributed by atoms with Crippen LogP contribution in [0.4, 0.5) is 10.2 Å². The Bertz CT molecular complexity index is 1310. The first-order valence-electron chi connectivity index (χ1n) is 12.3. The molecule has 4 rings (SSSR count). The van der Waals surface area contributed by atoms with E-state index in [1.165, 1.54) is 6.07 Å². The van der Waals surface area contributed by atoms with Crippen molar-refractivity contribution >= 4 is 22.5 Å². The Balaban J connectivity index is 1.66. The number of carbonyl (C=O) groups excluding carboxylic acids is 1. The molecule has 0 bridgehead atoms. The minimum absolute atomic E-state index is 0.295. The summed E-state index contributed by atoms with van der Waals surface area (Å²) in [7, 11) is 0.333. The van der Waals surface area contributed by atoms with Crippen LogP contribution in [0.25, 0.3) is 0 Å². The topological polar surface area (TPSA) is 88.5 Å². The summed E-state index contributed by atoms with van der Waals surface area (Å²) < 4.78 is 35.4. The average molecular weight is 528 g/mol. The molecule has 2 heterocycles. The number of amides is 1. The number of nitrogens with zero attached hydrogens (tertiary/aromatic N) is 3. The third-order valence-corrected chi connectivity index (χ3v) is 7.45. The van der Waals surface area contributed by atoms with Crippen LogP contribution in [-0.2, 0) is 17.8 Å². The van der Waals surface area contributed by atoms with Gasteiger partial charge in [-0.15, -0.1) is 0 Å². The molecule has 1 aromatic heterocycles. The number of halogens is 1. The Kier molecular flexibility index (Phi) is 8.41. The van der Waals surface area contributed by atoms with Crippen LogP contribution in [0.5, 0.6) is 5.75 Å². The minimum Gasteiger partial charge on any atom is -0.483 e. The van der Waals surface area contributed by atoms with Crippen LogP contribution in [0.15, 0.2) is 47.5 Å². The molecular weight excluding hydrogens is 493 g/mol. The maximum absolute atomic E-state index is 14.5. The van der Waals surface area contributed by atoms with E-state index in [9.17, 15) is 13.4 Å². The molecule has 1 fully saturated rings. The van der Waals surface area contributed by atoms with Gasteiger partial charge in [-0.25, -0.2) is 4.39 Å². The fourth-order valence-corrected chi connectivity index (χ4v) is 5.15. The van der Waals surface area contributed by atoms with Crippen molar-refractivity contribution in [1.29, 1.82) is 0 Å². The van der Waals surface area contributed by atoms with Crippen molar-refractivity contribution in [2.24, 2.45) is 7.05 Å². The van der Waals surface area contributed by atoms with Gasteiger partial charge in [0.1, 0.15) is 17.7 Å². The van der Waals surface area contributed by atoms with E-state index >= 15 is 0 Å². The summed E-state index contributed by atoms with van der Waals surface area (Å²) in [6.07, 6.45) is 2.80. The second-order valence-corrected chi connectivity index (χ2v) is 11.0. The van der Waals surface area contributed by atoms with Gasteiger partial charge in [0.2, 0.25) is 0 Å². The lowest BCUT2D eigenvalue weighted by atomic mass is 10.0. The molecule has 0 radical (unpaired) electrons. The monoisotopic (exact) mass is 527 g/mol. The summed E-state index contributed by atoms with van der Waals surface area (Å²) in [4.78, 5) is 15.7. The van der Waals surface area contributed by atoms with E-state index in [1.54, 1.807) is 62.3 Å². The maximum Gasteiger partial charge on any atom is 0.257 e. The Morgan fingerprint density at radius 3 is 2.70 bits per heavy atom. The highest BCUT2D eigenvalue weighted by Gasteiger charge is 2.25. The van der Waals surface area contributed by atoms with Gasteiger partial charge in [0.05, 0.1) is 15.7 Å². The number of benzene rings is 2. The molecule has 198 valence electrons. The quantitative estimate of drug-likeness (QED) is 0.466. The Hall–Kier alpha value is -3.08. The number of piperazine rings is 1. The van der Waals surface area contributed by atoms with Crippen molar-refractivity contribution in [3.8, 4) is 5.75 Å². The third-order valence-electron chi connectivity index (χ3n) is 6.51. The number of hydrogen-bond donors (Lipinski definition) is 2. The van der Waals surface area contributed by atoms with E-state index in [1.807, 2.05) is 6.07 Å². The van der Waals surface area contributed by atoms with Gasteiger partial charge in [-0.3, -0.25) is 18.6 Å². The van der Waals surface area contributed by atoms with Crippen LogP contribution in [0.2, 0.25) is 0 Å². The lowest BCUT2D eigenvalue weighted by Crippen LogP contribution is -2.50. The molecule has 1 aliphatic rings. The Morgan fingerprint density at radius 1 is 1.27 bits per heavy atom. The molecule has 2 N–H and O–H groups in total. The van der Waals surface area contributed by atoms with Crippen molar-refractivity contribution in [1.82, 2.24) is 20.0 Å². The fraction of sp³-hybridized carbons (Fsp3) is 0.407. The minimum atomic E-state index is -1.43. The lowest BCUT2D eigenvalue weighted by molar-refractivity contribution is 0.102. The van der Waals surface area contributed by atoms with Gasteiger partial charge in [0.25, 0.3) is 5.91 Å². The van der Waals surface area contributed by atoms with Crippen LogP contribution in [0, 0.1) is 19.7 Å². The van der Waals surface area contributed by atoms with E-state index in [-0.39, 0.29) is 11.7 Å². The number of rotatable bonds is 8. The first-order chi connectivity index (χ1) is 17.6. The molecule has 37 heavy (non-hydrogen) atoms. The van der Waals surface area contributed by atoms with E-state index in [2.05, 4.69) is 27.6 Å².